The van der Waals surface area contributed by atoms with Crippen molar-refractivity contribution in [2.75, 3.05) is 23.8 Å². The molecular weight excluding hydrogens is 1220 g/mol. The first-order chi connectivity index (χ1) is 39.0. The lowest BCUT2D eigenvalue weighted by atomic mass is 10.2. The van der Waals surface area contributed by atoms with Gasteiger partial charge in [0, 0.05) is 95.7 Å². The average molecular weight is 1280 g/mol. The smallest absolute Gasteiger partial charge is 0.435 e. The van der Waals surface area contributed by atoms with Crippen molar-refractivity contribution in [1.29, 1.82) is 0 Å². The van der Waals surface area contributed by atoms with Gasteiger partial charge in [0.1, 0.15) is 16.3 Å². The van der Waals surface area contributed by atoms with Crippen LogP contribution in [0.4, 0.5) is 27.9 Å². The van der Waals surface area contributed by atoms with Crippen LogP contribution in [0, 0.1) is 20.8 Å². The minimum absolute atomic E-state index is 0.0623. The summed E-state index contributed by atoms with van der Waals surface area (Å²) < 4.78 is 14.5. The number of carboxylic acids is 1. The van der Waals surface area contributed by atoms with Crippen molar-refractivity contribution in [2.24, 2.45) is 17.2 Å². The molecule has 0 aliphatic carbocycles. The molecule has 7 heterocycles. The Morgan fingerprint density at radius 1 is 0.866 bits per heavy atom. The summed E-state index contributed by atoms with van der Waals surface area (Å²) in [6.07, 6.45) is 10.4. The number of H-pyrrole nitrogens is 2. The zero-order chi connectivity index (χ0) is 59.7. The lowest BCUT2D eigenvalue weighted by Gasteiger charge is -2.19. The molecule has 24 heteroatoms. The van der Waals surface area contributed by atoms with Gasteiger partial charge in [-0.2, -0.15) is 14.9 Å². The number of ketones is 1. The Kier molecular flexibility index (Phi) is 22.8. The van der Waals surface area contributed by atoms with Crippen molar-refractivity contribution in [1.82, 2.24) is 44.9 Å². The van der Waals surface area contributed by atoms with Crippen molar-refractivity contribution >= 4 is 139 Å². The van der Waals surface area contributed by atoms with Crippen molar-refractivity contribution in [3.63, 3.8) is 0 Å². The van der Waals surface area contributed by atoms with Crippen LogP contribution in [0.2, 0.25) is 5.28 Å². The van der Waals surface area contributed by atoms with E-state index in [4.69, 9.17) is 43.4 Å². The number of aromatic nitrogens is 9. The standard InChI is InChI=1S/C16H16ClN5O2.C14H15N5.C10H8BrNO.C9H5BrO2S.C5H10N2.C4H9NO/c1-16(2,3)24-15(23)22-12-5-4-11(8-10(12)9-19-22)20-13-6-7-18-14(17)21-13;1-8-9(2)16-14(17-10(8)3)18-12-4-5-13-11(6-12)7-15-19-13;1-6(13)9-4-7-2-3-8(11)5-10(7)12-9;10-6-2-1-5-3-8(9(11)12)13-7(5)4-6;1-2-3-5(7)4-6;5-4-1-2-6-3-4/h4-9H,1-3H3,(H,18,20,21);4-7H,1-3H3,(H,15,19)(H,16,17,18);2-5,12H,1H3;1-4H,(H,11,12);2-4H,6-7H2,1H3;4H,1-3,5H2/b;;;;3-2-,5-4+;. The molecule has 0 spiro atoms. The van der Waals surface area contributed by atoms with E-state index in [9.17, 15) is 14.4 Å². The Morgan fingerprint density at radius 2 is 1.55 bits per heavy atom. The van der Waals surface area contributed by atoms with Crippen LogP contribution < -0.4 is 27.8 Å². The molecule has 1 aliphatic rings. The van der Waals surface area contributed by atoms with E-state index in [0.717, 1.165) is 94.2 Å². The van der Waals surface area contributed by atoms with Gasteiger partial charge in [0.2, 0.25) is 11.2 Å². The zero-order valence-electron chi connectivity index (χ0n) is 46.2. The van der Waals surface area contributed by atoms with E-state index in [2.05, 4.69) is 82.7 Å². The van der Waals surface area contributed by atoms with Gasteiger partial charge in [-0.15, -0.1) is 11.3 Å². The predicted molar refractivity (Wildman–Crippen MR) is 334 cm³/mol. The first-order valence-electron chi connectivity index (χ1n) is 25.3. The highest BCUT2D eigenvalue weighted by molar-refractivity contribution is 9.10. The van der Waals surface area contributed by atoms with E-state index in [1.54, 1.807) is 49.8 Å². The summed E-state index contributed by atoms with van der Waals surface area (Å²) in [5.74, 6) is 0.405. The SMILES string of the molecule is C/C=C\C(N)=C/N.CC(=O)c1cc2ccc(Br)cc2[nH]1.CC(C)(C)OC(=O)n1ncc2cc(Nc3ccnc(Cl)n3)ccc21.Cc1nc(Nc2ccc3[nH]ncc3c2)nc(C)c1C.NC1CCOC1.O=C(O)c1cc2ccc(Br)cc2s1. The van der Waals surface area contributed by atoms with Crippen LogP contribution in [0.25, 0.3) is 42.8 Å². The van der Waals surface area contributed by atoms with E-state index in [0.29, 0.717) is 39.6 Å². The van der Waals surface area contributed by atoms with Gasteiger partial charge in [0.05, 0.1) is 35.7 Å². The van der Waals surface area contributed by atoms with Crippen LogP contribution in [0.1, 0.15) is 78.2 Å². The molecule has 1 fully saturated rings. The van der Waals surface area contributed by atoms with E-state index in [1.165, 1.54) is 22.2 Å². The number of benzene rings is 4. The van der Waals surface area contributed by atoms with Gasteiger partial charge in [-0.3, -0.25) is 9.89 Å². The number of aromatic carboxylic acids is 1. The molecule has 11 N–H and O–H groups in total. The number of carboxylic acid groups (broad SMARTS) is 1. The van der Waals surface area contributed by atoms with E-state index >= 15 is 0 Å². The molecule has 10 aromatic rings. The fourth-order valence-corrected chi connectivity index (χ4v) is 9.25. The van der Waals surface area contributed by atoms with Crippen molar-refractivity contribution in [3.8, 4) is 0 Å². The number of anilines is 4. The normalized spacial score (nSPS) is 12.9. The summed E-state index contributed by atoms with van der Waals surface area (Å²) in [4.78, 5) is 54.1. The predicted octanol–water partition coefficient (Wildman–Crippen LogP) is 13.6. The van der Waals surface area contributed by atoms with Gasteiger partial charge in [-0.05, 0) is 162 Å². The molecule has 20 nitrogen and oxygen atoms in total. The Labute approximate surface area is 499 Å². The number of fused-ring (bicyclic) bond motifs is 4. The number of aromatic amines is 2. The van der Waals surface area contributed by atoms with Crippen molar-refractivity contribution in [3.05, 3.63) is 175 Å². The highest BCUT2D eigenvalue weighted by Crippen LogP contribution is 2.29. The van der Waals surface area contributed by atoms with Gasteiger partial charge in [0.15, 0.2) is 5.78 Å². The third-order valence-corrected chi connectivity index (χ3v) is 13.8. The number of nitrogens with two attached hydrogens (primary N) is 3. The van der Waals surface area contributed by atoms with Crippen LogP contribution in [0.3, 0.4) is 0 Å². The fraction of sp³-hybridized carbons (Fsp3) is 0.224. The topological polar surface area (TPSA) is 306 Å². The first kappa shape index (κ1) is 63.1. The summed E-state index contributed by atoms with van der Waals surface area (Å²) >= 11 is 13.8. The molecule has 0 saturated carbocycles. The van der Waals surface area contributed by atoms with Gasteiger partial charge in [0.25, 0.3) is 0 Å². The molecule has 1 atom stereocenters. The highest BCUT2D eigenvalue weighted by Gasteiger charge is 2.20. The van der Waals surface area contributed by atoms with Crippen molar-refractivity contribution in [2.45, 2.75) is 73.5 Å². The number of rotatable bonds is 7. The summed E-state index contributed by atoms with van der Waals surface area (Å²) in [7, 11) is 0. The maximum Gasteiger partial charge on any atom is 0.435 e. The largest absolute Gasteiger partial charge is 0.477 e. The van der Waals surface area contributed by atoms with Crippen LogP contribution in [0.15, 0.2) is 143 Å². The molecule has 0 amide bonds. The number of thiophene rings is 1. The number of allylic oxidation sites excluding steroid dienone is 2. The fourth-order valence-electron chi connectivity index (χ4n) is 7.29. The summed E-state index contributed by atoms with van der Waals surface area (Å²) in [5.41, 5.74) is 23.9. The number of hydrogen-bond donors (Lipinski definition) is 8. The molecule has 428 valence electrons. The maximum atomic E-state index is 12.2. The van der Waals surface area contributed by atoms with Gasteiger partial charge in [-0.1, -0.05) is 50.1 Å². The summed E-state index contributed by atoms with van der Waals surface area (Å²) in [6.45, 7) is 16.5. The number of aryl methyl sites for hydroxylation is 2. The second kappa shape index (κ2) is 29.6. The second-order valence-electron chi connectivity index (χ2n) is 19.1. The molecule has 1 aliphatic heterocycles. The van der Waals surface area contributed by atoms with Crippen LogP contribution >= 0.6 is 54.8 Å². The number of carbonyl (C=O) groups is 3. The summed E-state index contributed by atoms with van der Waals surface area (Å²) in [6, 6.07) is 28.7. The third kappa shape index (κ3) is 19.0. The molecule has 1 saturated heterocycles. The van der Waals surface area contributed by atoms with E-state index in [1.807, 2.05) is 127 Å². The lowest BCUT2D eigenvalue weighted by Crippen LogP contribution is -2.27. The van der Waals surface area contributed by atoms with Crippen molar-refractivity contribution < 1.29 is 29.0 Å². The van der Waals surface area contributed by atoms with Gasteiger partial charge >= 0.3 is 12.1 Å². The zero-order valence-corrected chi connectivity index (χ0v) is 51.0. The van der Waals surface area contributed by atoms with Gasteiger partial charge in [-0.25, -0.2) is 29.5 Å². The molecule has 4 aromatic carbocycles. The number of nitrogens with zero attached hydrogens (tertiary/aromatic N) is 7. The lowest BCUT2D eigenvalue weighted by molar-refractivity contribution is 0.0522. The molecule has 82 heavy (non-hydrogen) atoms. The first-order valence-corrected chi connectivity index (χ1v) is 28.1. The van der Waals surface area contributed by atoms with Crippen LogP contribution in [0.5, 0.6) is 0 Å². The molecule has 0 bridgehead atoms. The number of carbonyl (C=O) groups excluding carboxylic acids is 2. The van der Waals surface area contributed by atoms with Crippen LogP contribution in [-0.2, 0) is 9.47 Å². The Bertz CT molecular complexity index is 3770. The molecule has 0 radical (unpaired) electrons. The monoisotopic (exact) mass is 1280 g/mol. The number of hydrogen-bond acceptors (Lipinski definition) is 17. The highest BCUT2D eigenvalue weighted by atomic mass is 79.9. The third-order valence-electron chi connectivity index (χ3n) is 11.5. The minimum Gasteiger partial charge on any atom is -0.477 e. The Hall–Kier alpha value is -8.06. The van der Waals surface area contributed by atoms with Gasteiger partial charge < -0.3 is 47.4 Å². The van der Waals surface area contributed by atoms with Crippen LogP contribution in [-0.4, -0.2) is 92.7 Å². The number of Topliss-reactive ketones (excluding diaryl/α,β-unsaturated/α-hetero) is 1. The molecule has 6 aromatic heterocycles. The quantitative estimate of drug-likeness (QED) is 0.0418. The Morgan fingerprint density at radius 3 is 2.16 bits per heavy atom. The second-order valence-corrected chi connectivity index (χ2v) is 22.4. The Balaban J connectivity index is 0.000000167. The number of halogens is 3. The minimum atomic E-state index is -0.864. The number of ether oxygens (including phenoxy) is 2. The molecule has 11 rings (SSSR count). The molecule has 1 unspecified atom stereocenters. The summed E-state index contributed by atoms with van der Waals surface area (Å²) in [5, 5.41) is 30.2. The van der Waals surface area contributed by atoms with E-state index < -0.39 is 17.7 Å². The average Bonchev–Trinajstić information content (AvgIpc) is 4.36. The maximum absolute atomic E-state index is 12.2. The number of nitrogens with one attached hydrogen (secondary N) is 4. The molecular formula is C58H63Br2ClN14O6S. The van der Waals surface area contributed by atoms with E-state index in [-0.39, 0.29) is 11.1 Å².